The van der Waals surface area contributed by atoms with Gasteiger partial charge in [-0.05, 0) is 26.7 Å². The van der Waals surface area contributed by atoms with Gasteiger partial charge in [-0.25, -0.2) is 0 Å². The van der Waals surface area contributed by atoms with Gasteiger partial charge in [-0.3, -0.25) is 9.59 Å². The molecule has 0 atom stereocenters. The lowest BCUT2D eigenvalue weighted by Gasteiger charge is -2.07. The number of hydrogen-bond acceptors (Lipinski definition) is 3. The second kappa shape index (κ2) is 13.9. The zero-order valence-electron chi connectivity index (χ0n) is 13.7. The fraction of sp³-hybridized carbons (Fsp3) is 0.882. The molecule has 4 heteroatoms. The summed E-state index contributed by atoms with van der Waals surface area (Å²) in [6.45, 7) is 3.75. The molecule has 124 valence electrons. The normalized spacial score (nSPS) is 10.8. The van der Waals surface area contributed by atoms with Gasteiger partial charge in [-0.2, -0.15) is 0 Å². The fourth-order valence-electron chi connectivity index (χ4n) is 2.28. The van der Waals surface area contributed by atoms with Crippen LogP contribution in [0.4, 0.5) is 0 Å². The summed E-state index contributed by atoms with van der Waals surface area (Å²) in [5.41, 5.74) is 0. The molecule has 0 heterocycles. The van der Waals surface area contributed by atoms with Crippen LogP contribution in [0.3, 0.4) is 0 Å². The average Bonchev–Trinajstić information content (AvgIpc) is 2.38. The number of aliphatic carboxylic acids is 1. The van der Waals surface area contributed by atoms with Gasteiger partial charge in [-0.1, -0.05) is 51.4 Å². The van der Waals surface area contributed by atoms with E-state index in [0.717, 1.165) is 32.1 Å². The van der Waals surface area contributed by atoms with Gasteiger partial charge in [-0.15, -0.1) is 0 Å². The summed E-state index contributed by atoms with van der Waals surface area (Å²) in [5, 5.41) is 8.51. The quantitative estimate of drug-likeness (QED) is 0.373. The molecular weight excluding hydrogens is 268 g/mol. The van der Waals surface area contributed by atoms with Crippen molar-refractivity contribution in [2.75, 3.05) is 0 Å². The molecule has 0 saturated carbocycles. The Bertz CT molecular complexity index is 274. The maximum absolute atomic E-state index is 11.3. The Labute approximate surface area is 129 Å². The minimum absolute atomic E-state index is 0.00648. The number of carboxylic acids is 1. The summed E-state index contributed by atoms with van der Waals surface area (Å²) >= 11 is 0. The molecule has 0 aromatic carbocycles. The second-order valence-corrected chi connectivity index (χ2v) is 5.97. The third kappa shape index (κ3) is 16.9. The molecule has 0 amide bonds. The van der Waals surface area contributed by atoms with E-state index in [1.54, 1.807) is 0 Å². The summed E-state index contributed by atoms with van der Waals surface area (Å²) in [4.78, 5) is 21.6. The Hall–Kier alpha value is -1.06. The van der Waals surface area contributed by atoms with Gasteiger partial charge >= 0.3 is 11.9 Å². The first-order valence-corrected chi connectivity index (χ1v) is 8.43. The minimum Gasteiger partial charge on any atom is -0.481 e. The van der Waals surface area contributed by atoms with E-state index in [4.69, 9.17) is 9.84 Å². The second-order valence-electron chi connectivity index (χ2n) is 5.97. The number of carbonyl (C=O) groups excluding carboxylic acids is 1. The van der Waals surface area contributed by atoms with Crippen LogP contribution in [0.2, 0.25) is 0 Å². The lowest BCUT2D eigenvalue weighted by Crippen LogP contribution is -2.10. The highest BCUT2D eigenvalue weighted by Crippen LogP contribution is 2.12. The highest BCUT2D eigenvalue weighted by Gasteiger charge is 2.04. The Balaban J connectivity index is 3.12. The van der Waals surface area contributed by atoms with Crippen molar-refractivity contribution in [3.63, 3.8) is 0 Å². The van der Waals surface area contributed by atoms with E-state index >= 15 is 0 Å². The van der Waals surface area contributed by atoms with Gasteiger partial charge in [0.1, 0.15) is 0 Å². The van der Waals surface area contributed by atoms with Crippen molar-refractivity contribution in [3.8, 4) is 0 Å². The molecule has 0 bridgehead atoms. The van der Waals surface area contributed by atoms with Gasteiger partial charge in [0, 0.05) is 12.8 Å². The summed E-state index contributed by atoms with van der Waals surface area (Å²) in [5.74, 6) is -0.765. The largest absolute Gasteiger partial charge is 0.481 e. The van der Waals surface area contributed by atoms with Crippen molar-refractivity contribution < 1.29 is 19.4 Å². The Morgan fingerprint density at radius 1 is 0.762 bits per heavy atom. The van der Waals surface area contributed by atoms with Crippen LogP contribution in [0.1, 0.15) is 90.9 Å². The molecule has 21 heavy (non-hydrogen) atoms. The predicted octanol–water partition coefficient (Wildman–Crippen LogP) is 4.70. The van der Waals surface area contributed by atoms with Crippen LogP contribution in [-0.4, -0.2) is 23.1 Å². The average molecular weight is 300 g/mol. The van der Waals surface area contributed by atoms with Crippen LogP contribution in [-0.2, 0) is 14.3 Å². The molecule has 0 aliphatic rings. The number of hydrogen-bond donors (Lipinski definition) is 1. The first-order chi connectivity index (χ1) is 10.0. The molecule has 0 spiro atoms. The fourth-order valence-corrected chi connectivity index (χ4v) is 2.28. The van der Waals surface area contributed by atoms with Crippen molar-refractivity contribution in [1.29, 1.82) is 0 Å². The topological polar surface area (TPSA) is 63.6 Å². The molecule has 0 unspecified atom stereocenters. The van der Waals surface area contributed by atoms with Crippen molar-refractivity contribution in [2.45, 2.75) is 97.0 Å². The number of unbranched alkanes of at least 4 members (excludes halogenated alkanes) is 9. The molecule has 0 fully saturated rings. The van der Waals surface area contributed by atoms with E-state index in [1.807, 2.05) is 13.8 Å². The highest BCUT2D eigenvalue weighted by molar-refractivity contribution is 5.69. The van der Waals surface area contributed by atoms with E-state index in [2.05, 4.69) is 0 Å². The number of carboxylic acid groups (broad SMARTS) is 1. The molecule has 0 saturated heterocycles. The van der Waals surface area contributed by atoms with E-state index < -0.39 is 5.97 Å². The standard InChI is InChI=1S/C17H32O4/c1-15(2)21-17(20)14-12-10-8-6-4-3-5-7-9-11-13-16(18)19/h15H,3-14H2,1-2H3,(H,18,19). The minimum atomic E-state index is -0.688. The van der Waals surface area contributed by atoms with Crippen LogP contribution in [0, 0.1) is 0 Å². The third-order valence-corrected chi connectivity index (χ3v) is 3.39. The van der Waals surface area contributed by atoms with Crippen molar-refractivity contribution >= 4 is 11.9 Å². The van der Waals surface area contributed by atoms with Crippen molar-refractivity contribution in [2.24, 2.45) is 0 Å². The number of rotatable bonds is 14. The highest BCUT2D eigenvalue weighted by atomic mass is 16.5. The predicted molar refractivity (Wildman–Crippen MR) is 84.3 cm³/mol. The molecule has 0 aromatic heterocycles. The molecule has 1 N–H and O–H groups in total. The van der Waals surface area contributed by atoms with Crippen LogP contribution >= 0.6 is 0 Å². The van der Waals surface area contributed by atoms with Crippen LogP contribution in [0.25, 0.3) is 0 Å². The van der Waals surface area contributed by atoms with Gasteiger partial charge < -0.3 is 9.84 Å². The molecule has 4 nitrogen and oxygen atoms in total. The maximum atomic E-state index is 11.3. The summed E-state index contributed by atoms with van der Waals surface area (Å²) in [6.07, 6.45) is 12.0. The third-order valence-electron chi connectivity index (χ3n) is 3.39. The molecule has 0 radical (unpaired) electrons. The van der Waals surface area contributed by atoms with Crippen LogP contribution in [0.15, 0.2) is 0 Å². The number of esters is 1. The van der Waals surface area contributed by atoms with Gasteiger partial charge in [0.05, 0.1) is 6.10 Å². The van der Waals surface area contributed by atoms with Crippen molar-refractivity contribution in [1.82, 2.24) is 0 Å². The lowest BCUT2D eigenvalue weighted by molar-refractivity contribution is -0.147. The summed E-state index contributed by atoms with van der Waals surface area (Å²) in [6, 6.07) is 0. The first kappa shape index (κ1) is 19.9. The smallest absolute Gasteiger partial charge is 0.306 e. The summed E-state index contributed by atoms with van der Waals surface area (Å²) in [7, 11) is 0. The molecule has 0 aromatic rings. The van der Waals surface area contributed by atoms with Gasteiger partial charge in [0.15, 0.2) is 0 Å². The Morgan fingerprint density at radius 2 is 1.14 bits per heavy atom. The molecular formula is C17H32O4. The first-order valence-electron chi connectivity index (χ1n) is 8.43. The maximum Gasteiger partial charge on any atom is 0.306 e. The monoisotopic (exact) mass is 300 g/mol. The van der Waals surface area contributed by atoms with Crippen LogP contribution < -0.4 is 0 Å². The Morgan fingerprint density at radius 3 is 1.52 bits per heavy atom. The van der Waals surface area contributed by atoms with Gasteiger partial charge in [0.2, 0.25) is 0 Å². The zero-order valence-corrected chi connectivity index (χ0v) is 13.7. The zero-order chi connectivity index (χ0) is 15.9. The number of ether oxygens (including phenoxy) is 1. The van der Waals surface area contributed by atoms with E-state index in [-0.39, 0.29) is 12.1 Å². The van der Waals surface area contributed by atoms with E-state index in [9.17, 15) is 9.59 Å². The van der Waals surface area contributed by atoms with Crippen molar-refractivity contribution in [3.05, 3.63) is 0 Å². The lowest BCUT2D eigenvalue weighted by atomic mass is 10.1. The summed E-state index contributed by atoms with van der Waals surface area (Å²) < 4.78 is 5.08. The Kier molecular flexibility index (Phi) is 13.2. The van der Waals surface area contributed by atoms with Crippen LogP contribution in [0.5, 0.6) is 0 Å². The van der Waals surface area contributed by atoms with E-state index in [1.165, 1.54) is 32.1 Å². The van der Waals surface area contributed by atoms with Gasteiger partial charge in [0.25, 0.3) is 0 Å². The van der Waals surface area contributed by atoms with E-state index in [0.29, 0.717) is 12.8 Å². The number of carbonyl (C=O) groups is 2. The molecule has 0 aliphatic carbocycles. The molecule has 0 rings (SSSR count). The SMILES string of the molecule is CC(C)OC(=O)CCCCCCCCCCCCC(=O)O. The molecule has 0 aliphatic heterocycles.